The van der Waals surface area contributed by atoms with Crippen molar-refractivity contribution >= 4 is 0 Å². The molecule has 0 radical (unpaired) electrons. The predicted octanol–water partition coefficient (Wildman–Crippen LogP) is 3.11. The van der Waals surface area contributed by atoms with Gasteiger partial charge in [0.25, 0.3) is 0 Å². The Morgan fingerprint density at radius 3 is 2.47 bits per heavy atom. The number of rotatable bonds is 7. The first-order valence-corrected chi connectivity index (χ1v) is 5.23. The van der Waals surface area contributed by atoms with Crippen LogP contribution in [0.25, 0.3) is 0 Å². The van der Waals surface area contributed by atoms with Crippen LogP contribution in [0.5, 0.6) is 0 Å². The zero-order chi connectivity index (χ0) is 11.7. The van der Waals surface area contributed by atoms with E-state index in [0.717, 1.165) is 6.42 Å². The third-order valence-corrected chi connectivity index (χ3v) is 2.14. The first-order valence-electron chi connectivity index (χ1n) is 5.23. The van der Waals surface area contributed by atoms with Gasteiger partial charge in [0.05, 0.1) is 0 Å². The lowest BCUT2D eigenvalue weighted by Crippen LogP contribution is -2.30. The monoisotopic (exact) mass is 221 g/mol. The van der Waals surface area contributed by atoms with Crippen LogP contribution in [0.2, 0.25) is 0 Å². The molecule has 0 aliphatic carbocycles. The number of alkyl halides is 3. The predicted molar refractivity (Wildman–Crippen MR) is 55.4 cm³/mol. The van der Waals surface area contributed by atoms with Crippen LogP contribution in [0.4, 0.5) is 13.2 Å². The van der Waals surface area contributed by atoms with Crippen molar-refractivity contribution in [2.45, 2.75) is 51.2 Å². The van der Waals surface area contributed by atoms with Crippen LogP contribution in [0.1, 0.15) is 39.0 Å². The maximum atomic E-state index is 12.0. The Hall–Kier alpha value is -0.690. The minimum absolute atomic E-state index is 0.0648. The van der Waals surface area contributed by atoms with Gasteiger partial charge >= 0.3 is 6.18 Å². The molecule has 0 aliphatic rings. The minimum atomic E-state index is -4.06. The number of hydrogen-bond donors (Lipinski definition) is 1. The van der Waals surface area contributed by atoms with E-state index in [-0.39, 0.29) is 12.5 Å². The highest BCUT2D eigenvalue weighted by Gasteiger charge is 2.27. The van der Waals surface area contributed by atoms with Gasteiger partial charge in [-0.15, -0.1) is 12.3 Å². The molecule has 1 atom stereocenters. The average Bonchev–Trinajstić information content (AvgIpc) is 2.13. The Morgan fingerprint density at radius 1 is 1.33 bits per heavy atom. The van der Waals surface area contributed by atoms with Crippen molar-refractivity contribution in [1.82, 2.24) is 5.32 Å². The van der Waals surface area contributed by atoms with Gasteiger partial charge in [-0.05, 0) is 25.8 Å². The smallest absolute Gasteiger partial charge is 0.314 e. The number of unbranched alkanes of at least 4 members (excludes halogenated alkanes) is 1. The van der Waals surface area contributed by atoms with E-state index in [2.05, 4.69) is 11.2 Å². The van der Waals surface area contributed by atoms with Gasteiger partial charge in [-0.3, -0.25) is 0 Å². The van der Waals surface area contributed by atoms with Gasteiger partial charge < -0.3 is 5.32 Å². The molecule has 0 aliphatic heterocycles. The zero-order valence-electron chi connectivity index (χ0n) is 9.03. The molecular weight excluding hydrogens is 203 g/mol. The summed E-state index contributed by atoms with van der Waals surface area (Å²) in [6.45, 7) is 2.58. The fourth-order valence-electron chi connectivity index (χ4n) is 1.43. The van der Waals surface area contributed by atoms with Crippen molar-refractivity contribution in [3.05, 3.63) is 0 Å². The molecule has 0 amide bonds. The number of hydrogen-bond acceptors (Lipinski definition) is 1. The molecule has 15 heavy (non-hydrogen) atoms. The van der Waals surface area contributed by atoms with Crippen LogP contribution in [0.3, 0.4) is 0 Å². The summed E-state index contributed by atoms with van der Waals surface area (Å²) in [5.74, 6) is 2.49. The molecule has 0 heterocycles. The van der Waals surface area contributed by atoms with E-state index in [0.29, 0.717) is 19.4 Å². The SMILES string of the molecule is C#CCCCC(CCC(F)(F)F)NCC. The maximum Gasteiger partial charge on any atom is 0.389 e. The van der Waals surface area contributed by atoms with Crippen LogP contribution in [-0.2, 0) is 0 Å². The van der Waals surface area contributed by atoms with Crippen molar-refractivity contribution in [3.63, 3.8) is 0 Å². The number of terminal acetylenes is 1. The Labute approximate surface area is 89.4 Å². The van der Waals surface area contributed by atoms with Crippen molar-refractivity contribution < 1.29 is 13.2 Å². The molecule has 1 nitrogen and oxygen atoms in total. The average molecular weight is 221 g/mol. The van der Waals surface area contributed by atoms with E-state index in [1.807, 2.05) is 6.92 Å². The van der Waals surface area contributed by atoms with Crippen LogP contribution < -0.4 is 5.32 Å². The molecule has 0 spiro atoms. The van der Waals surface area contributed by atoms with Crippen LogP contribution in [-0.4, -0.2) is 18.8 Å². The highest BCUT2D eigenvalue weighted by Crippen LogP contribution is 2.23. The Bertz CT molecular complexity index is 193. The molecule has 1 N–H and O–H groups in total. The Morgan fingerprint density at radius 2 is 2.00 bits per heavy atom. The maximum absolute atomic E-state index is 12.0. The van der Waals surface area contributed by atoms with E-state index in [9.17, 15) is 13.2 Å². The van der Waals surface area contributed by atoms with Crippen LogP contribution >= 0.6 is 0 Å². The number of halogens is 3. The fraction of sp³-hybridized carbons (Fsp3) is 0.818. The normalized spacial score (nSPS) is 13.5. The summed E-state index contributed by atoms with van der Waals surface area (Å²) in [6, 6.07) is -0.0648. The van der Waals surface area contributed by atoms with E-state index in [1.165, 1.54) is 0 Å². The lowest BCUT2D eigenvalue weighted by Gasteiger charge is -2.18. The standard InChI is InChI=1S/C11H18F3N/c1-3-5-6-7-10(15-4-2)8-9-11(12,13)14/h1,10,15H,4-9H2,2H3. The summed E-state index contributed by atoms with van der Waals surface area (Å²) in [5, 5.41) is 3.05. The van der Waals surface area contributed by atoms with Crippen LogP contribution in [0.15, 0.2) is 0 Å². The lowest BCUT2D eigenvalue weighted by atomic mass is 10.0. The van der Waals surface area contributed by atoms with Crippen molar-refractivity contribution in [1.29, 1.82) is 0 Å². The molecule has 0 aromatic carbocycles. The first-order chi connectivity index (χ1) is 6.99. The summed E-state index contributed by atoms with van der Waals surface area (Å²) >= 11 is 0. The third-order valence-electron chi connectivity index (χ3n) is 2.14. The molecule has 0 aromatic heterocycles. The Kier molecular flexibility index (Phi) is 7.23. The summed E-state index contributed by atoms with van der Waals surface area (Å²) in [4.78, 5) is 0. The largest absolute Gasteiger partial charge is 0.389 e. The number of nitrogens with one attached hydrogen (secondary N) is 1. The summed E-state index contributed by atoms with van der Waals surface area (Å²) < 4.78 is 36.0. The molecule has 0 saturated heterocycles. The van der Waals surface area contributed by atoms with Gasteiger partial charge in [-0.1, -0.05) is 6.92 Å². The van der Waals surface area contributed by atoms with Gasteiger partial charge in [0.1, 0.15) is 0 Å². The quantitative estimate of drug-likeness (QED) is 0.514. The molecule has 0 saturated carbocycles. The second kappa shape index (κ2) is 7.58. The second-order valence-electron chi connectivity index (χ2n) is 3.50. The first kappa shape index (κ1) is 14.3. The fourth-order valence-corrected chi connectivity index (χ4v) is 1.43. The van der Waals surface area contributed by atoms with Crippen molar-refractivity contribution in [3.8, 4) is 12.3 Å². The molecule has 0 rings (SSSR count). The second-order valence-corrected chi connectivity index (χ2v) is 3.50. The van der Waals surface area contributed by atoms with E-state index >= 15 is 0 Å². The minimum Gasteiger partial charge on any atom is -0.314 e. The topological polar surface area (TPSA) is 12.0 Å². The van der Waals surface area contributed by atoms with Gasteiger partial charge in [0.2, 0.25) is 0 Å². The highest BCUT2D eigenvalue weighted by atomic mass is 19.4. The Balaban J connectivity index is 3.78. The summed E-state index contributed by atoms with van der Waals surface area (Å²) in [5.41, 5.74) is 0. The van der Waals surface area contributed by atoms with E-state index in [4.69, 9.17) is 6.42 Å². The molecule has 0 bridgehead atoms. The highest BCUT2D eigenvalue weighted by molar-refractivity contribution is 4.84. The molecule has 88 valence electrons. The van der Waals surface area contributed by atoms with Gasteiger partial charge in [0.15, 0.2) is 0 Å². The van der Waals surface area contributed by atoms with Crippen molar-refractivity contribution in [2.75, 3.05) is 6.54 Å². The third kappa shape index (κ3) is 9.61. The van der Waals surface area contributed by atoms with Gasteiger partial charge in [0, 0.05) is 18.9 Å². The molecule has 1 unspecified atom stereocenters. The molecule has 0 aromatic rings. The van der Waals surface area contributed by atoms with Gasteiger partial charge in [-0.2, -0.15) is 13.2 Å². The van der Waals surface area contributed by atoms with Crippen molar-refractivity contribution in [2.24, 2.45) is 0 Å². The summed E-state index contributed by atoms with van der Waals surface area (Å²) in [6.07, 6.45) is 2.58. The van der Waals surface area contributed by atoms with Gasteiger partial charge in [-0.25, -0.2) is 0 Å². The zero-order valence-corrected chi connectivity index (χ0v) is 9.03. The summed E-state index contributed by atoms with van der Waals surface area (Å²) in [7, 11) is 0. The molecule has 4 heteroatoms. The van der Waals surface area contributed by atoms with E-state index < -0.39 is 12.6 Å². The molecule has 0 fully saturated rings. The van der Waals surface area contributed by atoms with E-state index in [1.54, 1.807) is 0 Å². The molecular formula is C11H18F3N. The lowest BCUT2D eigenvalue weighted by molar-refractivity contribution is -0.136. The van der Waals surface area contributed by atoms with Crippen LogP contribution in [0, 0.1) is 12.3 Å².